The monoisotopic (exact) mass is 382 g/mol. The molecule has 2 atom stereocenters. The Kier molecular flexibility index (Phi) is 5.64. The first-order valence-electron chi connectivity index (χ1n) is 8.68. The first-order chi connectivity index (χ1) is 12.9. The Hall–Kier alpha value is -2.62. The summed E-state index contributed by atoms with van der Waals surface area (Å²) in [6.45, 7) is -2.97. The highest BCUT2D eigenvalue weighted by atomic mass is 19.3. The van der Waals surface area contributed by atoms with E-state index in [9.17, 15) is 18.0 Å². The number of rotatable bonds is 5. The van der Waals surface area contributed by atoms with E-state index in [1.165, 1.54) is 0 Å². The Balaban J connectivity index is 2.04. The summed E-state index contributed by atoms with van der Waals surface area (Å²) in [7, 11) is 0. The second-order valence-corrected chi connectivity index (χ2v) is 6.54. The molecule has 146 valence electrons. The van der Waals surface area contributed by atoms with Crippen molar-refractivity contribution in [3.05, 3.63) is 28.8 Å². The van der Waals surface area contributed by atoms with Crippen LogP contribution in [0.25, 0.3) is 5.57 Å². The number of nitrogens with one attached hydrogen (secondary N) is 2. The van der Waals surface area contributed by atoms with Gasteiger partial charge < -0.3 is 22.1 Å². The number of amides is 1. The van der Waals surface area contributed by atoms with Crippen LogP contribution in [-0.4, -0.2) is 35.7 Å². The molecule has 1 aliphatic heterocycles. The first kappa shape index (κ1) is 19.2. The Morgan fingerprint density at radius 1 is 1.37 bits per heavy atom. The van der Waals surface area contributed by atoms with E-state index < -0.39 is 18.3 Å². The van der Waals surface area contributed by atoms with Gasteiger partial charge in [-0.05, 0) is 12.8 Å². The van der Waals surface area contributed by atoms with Gasteiger partial charge in [0, 0.05) is 42.2 Å². The summed E-state index contributed by atoms with van der Waals surface area (Å²) in [6.07, 6.45) is 5.37. The molecule has 1 amide bonds. The quantitative estimate of drug-likeness (QED) is 0.457. The number of hydrogen-bond donors (Lipinski definition) is 4. The molecule has 1 fully saturated rings. The van der Waals surface area contributed by atoms with Crippen LogP contribution in [0.1, 0.15) is 47.3 Å². The van der Waals surface area contributed by atoms with Crippen molar-refractivity contribution in [2.75, 3.05) is 5.32 Å². The summed E-state index contributed by atoms with van der Waals surface area (Å²) in [5.74, 6) is -1.28. The van der Waals surface area contributed by atoms with Crippen LogP contribution < -0.4 is 22.1 Å². The van der Waals surface area contributed by atoms with Crippen LogP contribution in [0.2, 0.25) is 0 Å². The van der Waals surface area contributed by atoms with Crippen molar-refractivity contribution >= 4 is 23.5 Å². The highest BCUT2D eigenvalue weighted by Crippen LogP contribution is 2.31. The highest BCUT2D eigenvalue weighted by Gasteiger charge is 2.32. The van der Waals surface area contributed by atoms with Crippen molar-refractivity contribution in [3.63, 3.8) is 0 Å². The fourth-order valence-corrected chi connectivity index (χ4v) is 3.42. The zero-order valence-electron chi connectivity index (χ0n) is 14.5. The maximum atomic E-state index is 14.9. The van der Waals surface area contributed by atoms with Crippen LogP contribution in [0.5, 0.6) is 0 Å². The number of carbonyl (C=O) groups is 1. The fourth-order valence-electron chi connectivity index (χ4n) is 3.42. The van der Waals surface area contributed by atoms with Gasteiger partial charge in [0.05, 0.1) is 11.3 Å². The lowest BCUT2D eigenvalue weighted by Gasteiger charge is -2.30. The zero-order valence-corrected chi connectivity index (χ0v) is 14.5. The lowest BCUT2D eigenvalue weighted by molar-refractivity contribution is 0.0965. The molecular weight excluding hydrogens is 361 g/mol. The molecule has 7 nitrogen and oxygen atoms in total. The molecule has 10 heteroatoms. The topological polar surface area (TPSA) is 118 Å². The smallest absolute Gasteiger partial charge is 0.331 e. The van der Waals surface area contributed by atoms with E-state index in [0.29, 0.717) is 0 Å². The van der Waals surface area contributed by atoms with Gasteiger partial charge in [-0.3, -0.25) is 4.79 Å². The van der Waals surface area contributed by atoms with Crippen LogP contribution in [0.3, 0.4) is 0 Å². The minimum Gasteiger partial charge on any atom is -0.404 e. The Morgan fingerprint density at radius 2 is 2.11 bits per heavy atom. The van der Waals surface area contributed by atoms with E-state index in [-0.39, 0.29) is 46.8 Å². The molecule has 2 aliphatic rings. The van der Waals surface area contributed by atoms with Gasteiger partial charge in [0.15, 0.2) is 11.6 Å². The van der Waals surface area contributed by atoms with Crippen molar-refractivity contribution in [1.29, 1.82) is 0 Å². The van der Waals surface area contributed by atoms with E-state index in [4.69, 9.17) is 11.5 Å². The largest absolute Gasteiger partial charge is 0.404 e. The number of aromatic nitrogens is 1. The predicted octanol–water partition coefficient (Wildman–Crippen LogP) is 1.74. The lowest BCUT2D eigenvalue weighted by Crippen LogP contribution is -2.43. The van der Waals surface area contributed by atoms with Crippen LogP contribution in [0, 0.1) is 5.82 Å². The van der Waals surface area contributed by atoms with Crippen molar-refractivity contribution < 1.29 is 18.0 Å². The number of carbonyl (C=O) groups excluding carboxylic acids is 1. The van der Waals surface area contributed by atoms with Gasteiger partial charge in [0.2, 0.25) is 0 Å². The normalized spacial score (nSPS) is 23.0. The molecule has 0 aromatic carbocycles. The second-order valence-electron chi connectivity index (χ2n) is 6.54. The number of anilines is 1. The van der Waals surface area contributed by atoms with Crippen LogP contribution in [0.15, 0.2) is 11.2 Å². The summed E-state index contributed by atoms with van der Waals surface area (Å²) in [5, 5.41) is 5.53. The number of pyridine rings is 1. The fraction of sp³-hybridized carbons (Fsp3) is 0.471. The molecule has 0 radical (unpaired) electrons. The minimum atomic E-state index is -2.94. The molecule has 27 heavy (non-hydrogen) atoms. The van der Waals surface area contributed by atoms with E-state index in [0.717, 1.165) is 38.1 Å². The summed E-state index contributed by atoms with van der Waals surface area (Å²) in [6, 6.07) is -0.321. The molecule has 1 aromatic rings. The Morgan fingerprint density at radius 3 is 2.78 bits per heavy atom. The predicted molar refractivity (Wildman–Crippen MR) is 95.9 cm³/mol. The molecule has 0 bridgehead atoms. The highest BCUT2D eigenvalue weighted by molar-refractivity contribution is 6.14. The molecular formula is C17H21F3N6O. The molecule has 1 aromatic heterocycles. The third-order valence-corrected chi connectivity index (χ3v) is 4.81. The second kappa shape index (κ2) is 7.95. The average molecular weight is 382 g/mol. The van der Waals surface area contributed by atoms with Gasteiger partial charge in [-0.15, -0.1) is 0 Å². The molecule has 0 unspecified atom stereocenters. The molecule has 1 aliphatic carbocycles. The van der Waals surface area contributed by atoms with Gasteiger partial charge >= 0.3 is 6.55 Å². The number of allylic oxidation sites excluding steroid dienone is 1. The number of fused-ring (bicyclic) bond motifs is 1. The van der Waals surface area contributed by atoms with E-state index in [1.807, 2.05) is 0 Å². The van der Waals surface area contributed by atoms with Crippen molar-refractivity contribution in [1.82, 2.24) is 10.3 Å². The van der Waals surface area contributed by atoms with Crippen molar-refractivity contribution in [2.24, 2.45) is 16.5 Å². The van der Waals surface area contributed by atoms with Crippen molar-refractivity contribution in [3.8, 4) is 0 Å². The third-order valence-electron chi connectivity index (χ3n) is 4.81. The summed E-state index contributed by atoms with van der Waals surface area (Å²) < 4.78 is 39.8. The van der Waals surface area contributed by atoms with Gasteiger partial charge in [-0.2, -0.15) is 8.78 Å². The van der Waals surface area contributed by atoms with Gasteiger partial charge in [-0.1, -0.05) is 12.8 Å². The number of halogens is 3. The van der Waals surface area contributed by atoms with Gasteiger partial charge in [0.25, 0.3) is 5.91 Å². The maximum Gasteiger partial charge on any atom is 0.331 e. The lowest BCUT2D eigenvalue weighted by atomic mass is 9.91. The molecule has 0 saturated heterocycles. The number of alkyl halides is 2. The standard InChI is InChI=1S/C17H21F3N6O/c18-13-9-7-23-16(27)12(9)14(8(5-21)6-24-17(19)20)26-15(13)25-11-4-2-1-3-10(11)22/h5-6,10-11,17H,1-4,7,21-22H2,(H,23,27)(H,25,26)/b8-5+,24-6+/t10-,11+/m0/s1. The number of nitrogens with zero attached hydrogens (tertiary/aromatic N) is 2. The molecule has 0 spiro atoms. The number of nitrogens with two attached hydrogens (primary N) is 2. The van der Waals surface area contributed by atoms with E-state index in [1.54, 1.807) is 0 Å². The maximum absolute atomic E-state index is 14.9. The Labute approximate surface area is 154 Å². The van der Waals surface area contributed by atoms with Crippen molar-refractivity contribution in [2.45, 2.75) is 50.9 Å². The number of aliphatic imine (C=N–C) groups is 1. The summed E-state index contributed by atoms with van der Waals surface area (Å²) in [5.41, 5.74) is 11.7. The average Bonchev–Trinajstić information content (AvgIpc) is 3.02. The molecule has 6 N–H and O–H groups in total. The van der Waals surface area contributed by atoms with Crippen LogP contribution in [0.4, 0.5) is 19.0 Å². The van der Waals surface area contributed by atoms with Gasteiger partial charge in [-0.25, -0.2) is 14.4 Å². The molecule has 2 heterocycles. The first-order valence-corrected chi connectivity index (χ1v) is 8.68. The summed E-state index contributed by atoms with van der Waals surface area (Å²) >= 11 is 0. The van der Waals surface area contributed by atoms with E-state index >= 15 is 0 Å². The molecule has 1 saturated carbocycles. The zero-order chi connectivity index (χ0) is 19.6. The number of hydrogen-bond acceptors (Lipinski definition) is 6. The Bertz CT molecular complexity index is 795. The van der Waals surface area contributed by atoms with Crippen LogP contribution >= 0.6 is 0 Å². The van der Waals surface area contributed by atoms with Crippen LogP contribution in [-0.2, 0) is 6.54 Å². The van der Waals surface area contributed by atoms with E-state index in [2.05, 4.69) is 20.6 Å². The van der Waals surface area contributed by atoms with Gasteiger partial charge in [0.1, 0.15) is 0 Å². The SMILES string of the molecule is N/C=C(\C=N\C(F)F)c1nc(N[C@@H]2CCCC[C@@H]2N)c(F)c2c1C(=O)NC2. The summed E-state index contributed by atoms with van der Waals surface area (Å²) in [4.78, 5) is 19.3. The minimum absolute atomic E-state index is 0.000167. The molecule has 3 rings (SSSR count). The third kappa shape index (κ3) is 3.90.